The third-order valence-electron chi connectivity index (χ3n) is 2.17. The molecule has 1 unspecified atom stereocenters. The monoisotopic (exact) mass is 202 g/mol. The third kappa shape index (κ3) is 4.23. The Balaban J connectivity index is 4.23. The number of hydrogen-bond donors (Lipinski definition) is 3. The first-order valence-corrected chi connectivity index (χ1v) is 4.75. The summed E-state index contributed by atoms with van der Waals surface area (Å²) in [5.74, 6) is -1.38. The van der Waals surface area contributed by atoms with Crippen LogP contribution in [0.15, 0.2) is 0 Å². The van der Waals surface area contributed by atoms with Crippen LogP contribution in [0.1, 0.15) is 26.7 Å². The van der Waals surface area contributed by atoms with Crippen LogP contribution in [0.25, 0.3) is 0 Å². The zero-order chi connectivity index (χ0) is 11.1. The molecular formula is C9H18N2O3. The van der Waals surface area contributed by atoms with E-state index in [0.717, 1.165) is 0 Å². The molecule has 0 spiro atoms. The fourth-order valence-electron chi connectivity index (χ4n) is 1.06. The van der Waals surface area contributed by atoms with E-state index in [0.29, 0.717) is 6.42 Å². The van der Waals surface area contributed by atoms with Crippen LogP contribution in [0.3, 0.4) is 0 Å². The van der Waals surface area contributed by atoms with Crippen molar-refractivity contribution in [3.8, 4) is 0 Å². The smallest absolute Gasteiger partial charge is 0.326 e. The Morgan fingerprint density at radius 3 is 2.43 bits per heavy atom. The number of nitrogens with one attached hydrogen (secondary N) is 1. The minimum atomic E-state index is -0.996. The zero-order valence-corrected chi connectivity index (χ0v) is 8.62. The quantitative estimate of drug-likeness (QED) is 0.563. The van der Waals surface area contributed by atoms with Gasteiger partial charge in [-0.3, -0.25) is 4.79 Å². The fraction of sp³-hybridized carbons (Fsp3) is 0.778. The van der Waals surface area contributed by atoms with Gasteiger partial charge in [0, 0.05) is 13.0 Å². The summed E-state index contributed by atoms with van der Waals surface area (Å²) in [6.45, 7) is 3.91. The second kappa shape index (κ2) is 6.37. The number of carbonyl (C=O) groups excluding carboxylic acids is 1. The van der Waals surface area contributed by atoms with Gasteiger partial charge in [0.15, 0.2) is 0 Å². The van der Waals surface area contributed by atoms with Gasteiger partial charge in [0.05, 0.1) is 0 Å². The highest BCUT2D eigenvalue weighted by atomic mass is 16.4. The van der Waals surface area contributed by atoms with Crippen LogP contribution in [-0.4, -0.2) is 29.6 Å². The Morgan fingerprint density at radius 1 is 1.50 bits per heavy atom. The molecule has 4 N–H and O–H groups in total. The van der Waals surface area contributed by atoms with Crippen molar-refractivity contribution in [3.05, 3.63) is 0 Å². The molecule has 0 aliphatic rings. The van der Waals surface area contributed by atoms with Crippen molar-refractivity contribution in [2.45, 2.75) is 32.7 Å². The van der Waals surface area contributed by atoms with E-state index in [-0.39, 0.29) is 24.8 Å². The lowest BCUT2D eigenvalue weighted by molar-refractivity contribution is -0.143. The van der Waals surface area contributed by atoms with Gasteiger partial charge < -0.3 is 16.2 Å². The van der Waals surface area contributed by atoms with Crippen LogP contribution in [0, 0.1) is 5.92 Å². The second-order valence-corrected chi connectivity index (χ2v) is 3.31. The van der Waals surface area contributed by atoms with Gasteiger partial charge >= 0.3 is 5.97 Å². The summed E-state index contributed by atoms with van der Waals surface area (Å²) in [5.41, 5.74) is 5.18. The average molecular weight is 202 g/mol. The van der Waals surface area contributed by atoms with E-state index in [1.807, 2.05) is 6.92 Å². The highest BCUT2D eigenvalue weighted by Crippen LogP contribution is 2.07. The molecule has 0 aliphatic heterocycles. The predicted molar refractivity (Wildman–Crippen MR) is 52.7 cm³/mol. The van der Waals surface area contributed by atoms with Crippen LogP contribution in [0.5, 0.6) is 0 Å². The van der Waals surface area contributed by atoms with E-state index >= 15 is 0 Å². The largest absolute Gasteiger partial charge is 0.480 e. The maximum atomic E-state index is 11.1. The molecule has 5 nitrogen and oxygen atoms in total. The number of aliphatic carboxylic acids is 1. The van der Waals surface area contributed by atoms with Gasteiger partial charge in [0.25, 0.3) is 0 Å². The van der Waals surface area contributed by atoms with Crippen molar-refractivity contribution < 1.29 is 14.7 Å². The van der Waals surface area contributed by atoms with Gasteiger partial charge in [-0.1, -0.05) is 20.3 Å². The SMILES string of the molecule is CCC(C)[C@H](NC(=O)CCN)C(=O)O. The number of rotatable bonds is 6. The van der Waals surface area contributed by atoms with E-state index in [4.69, 9.17) is 10.8 Å². The van der Waals surface area contributed by atoms with Gasteiger partial charge in [-0.05, 0) is 5.92 Å². The second-order valence-electron chi connectivity index (χ2n) is 3.31. The summed E-state index contributed by atoms with van der Waals surface area (Å²) < 4.78 is 0. The van der Waals surface area contributed by atoms with Crippen LogP contribution in [0.4, 0.5) is 0 Å². The highest BCUT2D eigenvalue weighted by molar-refractivity contribution is 5.83. The van der Waals surface area contributed by atoms with Crippen molar-refractivity contribution >= 4 is 11.9 Å². The summed E-state index contributed by atoms with van der Waals surface area (Å²) in [7, 11) is 0. The molecule has 0 bridgehead atoms. The summed E-state index contributed by atoms with van der Waals surface area (Å²) in [5, 5.41) is 11.3. The van der Waals surface area contributed by atoms with Crippen molar-refractivity contribution in [2.24, 2.45) is 11.7 Å². The molecule has 0 saturated heterocycles. The molecule has 0 fully saturated rings. The number of carboxylic acids is 1. The van der Waals surface area contributed by atoms with E-state index in [1.54, 1.807) is 6.92 Å². The summed E-state index contributed by atoms with van der Waals surface area (Å²) >= 11 is 0. The van der Waals surface area contributed by atoms with Crippen LogP contribution < -0.4 is 11.1 Å². The van der Waals surface area contributed by atoms with Crippen LogP contribution >= 0.6 is 0 Å². The first-order valence-electron chi connectivity index (χ1n) is 4.75. The molecule has 82 valence electrons. The molecule has 0 saturated carbocycles. The van der Waals surface area contributed by atoms with E-state index in [1.165, 1.54) is 0 Å². The number of carbonyl (C=O) groups is 2. The number of carboxylic acid groups (broad SMARTS) is 1. The topological polar surface area (TPSA) is 92.4 Å². The molecular weight excluding hydrogens is 184 g/mol. The van der Waals surface area contributed by atoms with E-state index in [2.05, 4.69) is 5.32 Å². The number of nitrogens with two attached hydrogens (primary N) is 1. The Bertz CT molecular complexity index is 206. The summed E-state index contributed by atoms with van der Waals surface area (Å²) in [6, 6.07) is -0.806. The maximum absolute atomic E-state index is 11.1. The molecule has 5 heteroatoms. The van der Waals surface area contributed by atoms with Gasteiger partial charge in [-0.15, -0.1) is 0 Å². The van der Waals surface area contributed by atoms with Crippen LogP contribution in [0.2, 0.25) is 0 Å². The van der Waals surface area contributed by atoms with Gasteiger partial charge in [-0.25, -0.2) is 4.79 Å². The van der Waals surface area contributed by atoms with E-state index < -0.39 is 12.0 Å². The van der Waals surface area contributed by atoms with Gasteiger partial charge in [-0.2, -0.15) is 0 Å². The lowest BCUT2D eigenvalue weighted by Gasteiger charge is -2.19. The fourth-order valence-corrected chi connectivity index (χ4v) is 1.06. The van der Waals surface area contributed by atoms with Gasteiger partial charge in [0.2, 0.25) is 5.91 Å². The van der Waals surface area contributed by atoms with Crippen LogP contribution in [-0.2, 0) is 9.59 Å². The summed E-state index contributed by atoms with van der Waals surface area (Å²) in [6.07, 6.45) is 0.875. The minimum Gasteiger partial charge on any atom is -0.480 e. The highest BCUT2D eigenvalue weighted by Gasteiger charge is 2.24. The third-order valence-corrected chi connectivity index (χ3v) is 2.17. The normalized spacial score (nSPS) is 14.5. The van der Waals surface area contributed by atoms with Gasteiger partial charge in [0.1, 0.15) is 6.04 Å². The average Bonchev–Trinajstić information content (AvgIpc) is 2.13. The molecule has 2 atom stereocenters. The molecule has 0 radical (unpaired) electrons. The molecule has 1 amide bonds. The Kier molecular flexibility index (Phi) is 5.87. The molecule has 0 rings (SSSR count). The number of hydrogen-bond acceptors (Lipinski definition) is 3. The zero-order valence-electron chi connectivity index (χ0n) is 8.62. The molecule has 0 aromatic rings. The summed E-state index contributed by atoms with van der Waals surface area (Å²) in [4.78, 5) is 21.9. The first-order chi connectivity index (χ1) is 6.52. The lowest BCUT2D eigenvalue weighted by Crippen LogP contribution is -2.45. The molecule has 14 heavy (non-hydrogen) atoms. The van der Waals surface area contributed by atoms with Crippen molar-refractivity contribution in [2.75, 3.05) is 6.54 Å². The standard InChI is InChI=1S/C9H18N2O3/c1-3-6(2)8(9(13)14)11-7(12)4-5-10/h6,8H,3-5,10H2,1-2H3,(H,11,12)(H,13,14)/t6?,8-/m0/s1. The molecule has 0 aromatic heterocycles. The van der Waals surface area contributed by atoms with Crippen molar-refractivity contribution in [1.82, 2.24) is 5.32 Å². The number of amides is 1. The Morgan fingerprint density at radius 2 is 2.07 bits per heavy atom. The first kappa shape index (κ1) is 12.9. The minimum absolute atomic E-state index is 0.0748. The molecule has 0 aliphatic carbocycles. The molecule has 0 heterocycles. The Labute approximate surface area is 83.7 Å². The molecule has 0 aromatic carbocycles. The lowest BCUT2D eigenvalue weighted by atomic mass is 9.99. The van der Waals surface area contributed by atoms with Crippen molar-refractivity contribution in [1.29, 1.82) is 0 Å². The van der Waals surface area contributed by atoms with E-state index in [9.17, 15) is 9.59 Å². The Hall–Kier alpha value is -1.10. The predicted octanol–water partition coefficient (Wildman–Crippen LogP) is -0.0493. The maximum Gasteiger partial charge on any atom is 0.326 e. The van der Waals surface area contributed by atoms with Crippen molar-refractivity contribution in [3.63, 3.8) is 0 Å².